The minimum Gasteiger partial charge on any atom is -0.368 e. The molecule has 3 rings (SSSR count). The van der Waals surface area contributed by atoms with Gasteiger partial charge in [-0.05, 0) is 50.0 Å². The Labute approximate surface area is 371 Å². The fourth-order valence-corrected chi connectivity index (χ4v) is 8.86. The third kappa shape index (κ3) is 18.5. The highest BCUT2D eigenvalue weighted by atomic mass is 32.2. The molecule has 12 N–H and O–H groups in total. The molecule has 2 aliphatic rings. The van der Waals surface area contributed by atoms with Crippen molar-refractivity contribution in [2.24, 2.45) is 17.6 Å². The number of carbonyl (C=O) groups is 9. The van der Waals surface area contributed by atoms with E-state index >= 15 is 0 Å². The predicted molar refractivity (Wildman–Crippen MR) is 233 cm³/mol. The number of hydrogen-bond acceptors (Lipinski definition) is 12. The molecule has 62 heavy (non-hydrogen) atoms. The van der Waals surface area contributed by atoms with Gasteiger partial charge >= 0.3 is 6.03 Å². The molecule has 0 bridgehead atoms. The summed E-state index contributed by atoms with van der Waals surface area (Å²) in [6, 6.07) is 5.58. The van der Waals surface area contributed by atoms with E-state index in [2.05, 4.69) is 55.2 Å². The van der Waals surface area contributed by atoms with Crippen molar-refractivity contribution in [1.82, 2.24) is 48.0 Å². The lowest BCUT2D eigenvalue weighted by atomic mass is 9.92. The van der Waals surface area contributed by atoms with Crippen LogP contribution in [0.2, 0.25) is 0 Å². The molecule has 20 nitrogen and oxygen atoms in total. The van der Waals surface area contributed by atoms with E-state index < -0.39 is 78.5 Å². The van der Waals surface area contributed by atoms with Gasteiger partial charge in [-0.3, -0.25) is 43.6 Å². The van der Waals surface area contributed by atoms with Crippen molar-refractivity contribution < 1.29 is 48.4 Å². The number of primary amides is 1. The van der Waals surface area contributed by atoms with Gasteiger partial charge in [-0.2, -0.15) is 24.4 Å². The summed E-state index contributed by atoms with van der Waals surface area (Å²) in [5.41, 5.74) is 7.70. The summed E-state index contributed by atoms with van der Waals surface area (Å²) < 4.78 is 0. The largest absolute Gasteiger partial charge is 0.368 e. The average molecular weight is 907 g/mol. The first-order chi connectivity index (χ1) is 29.6. The first kappa shape index (κ1) is 51.3. The number of hydrogen-bond donors (Lipinski definition) is 12. The van der Waals surface area contributed by atoms with Gasteiger partial charge in [0.2, 0.25) is 47.3 Å². The highest BCUT2D eigenvalue weighted by Gasteiger charge is 2.42. The number of benzene rings is 1. The maximum atomic E-state index is 13.5. The zero-order valence-electron chi connectivity index (χ0n) is 35.2. The van der Waals surface area contributed by atoms with Crippen molar-refractivity contribution in [3.8, 4) is 0 Å². The Morgan fingerprint density at radius 3 is 2.19 bits per heavy atom. The number of unbranched alkanes of at least 4 members (excludes halogenated alkanes) is 2. The quantitative estimate of drug-likeness (QED) is 0.0158. The lowest BCUT2D eigenvalue weighted by molar-refractivity contribution is -0.137. The van der Waals surface area contributed by atoms with Gasteiger partial charge < -0.3 is 48.3 Å². The SMILES string of the molecule is CC(C)CC(CC(=O)NO)C(=O)N[C@@H](Cc1ccccc1)C(=O)N[C@@H](CS)C(=O)NCC(=O)NCC(=O)N[C@@H](CCCCNC(=O)CCCC[C@@H]1SC[C@@H]2NC(=O)N[C@@H]21)C(N)=O. The minimum atomic E-state index is -1.23. The molecule has 0 saturated carbocycles. The van der Waals surface area contributed by atoms with Crippen LogP contribution >= 0.6 is 24.4 Å². The van der Waals surface area contributed by atoms with Crippen molar-refractivity contribution in [3.63, 3.8) is 0 Å². The number of fused-ring (bicyclic) bond motifs is 1. The fraction of sp³-hybridized carbons (Fsp3) is 0.625. The van der Waals surface area contributed by atoms with Crippen LogP contribution in [0.4, 0.5) is 4.79 Å². The normalized spacial score (nSPS) is 18.4. The number of amides is 10. The van der Waals surface area contributed by atoms with Gasteiger partial charge in [-0.15, -0.1) is 0 Å². The molecule has 2 saturated heterocycles. The van der Waals surface area contributed by atoms with Crippen molar-refractivity contribution in [2.75, 3.05) is 31.1 Å². The second kappa shape index (κ2) is 27.1. The van der Waals surface area contributed by atoms with Gasteiger partial charge in [0.25, 0.3) is 0 Å². The maximum Gasteiger partial charge on any atom is 0.315 e. The third-order valence-electron chi connectivity index (χ3n) is 10.3. The zero-order valence-corrected chi connectivity index (χ0v) is 36.9. The highest BCUT2D eigenvalue weighted by molar-refractivity contribution is 8.00. The maximum absolute atomic E-state index is 13.5. The fourth-order valence-electron chi connectivity index (χ4n) is 7.06. The molecule has 1 unspecified atom stereocenters. The van der Waals surface area contributed by atoms with Crippen LogP contribution in [0, 0.1) is 11.8 Å². The van der Waals surface area contributed by atoms with Gasteiger partial charge in [0.15, 0.2) is 0 Å². The van der Waals surface area contributed by atoms with Crippen LogP contribution in [0.25, 0.3) is 0 Å². The van der Waals surface area contributed by atoms with E-state index in [1.807, 2.05) is 25.6 Å². The van der Waals surface area contributed by atoms with Gasteiger partial charge in [0.05, 0.1) is 25.2 Å². The number of thiol groups is 1. The van der Waals surface area contributed by atoms with Gasteiger partial charge in [0.1, 0.15) is 18.1 Å². The van der Waals surface area contributed by atoms with Crippen molar-refractivity contribution in [2.45, 2.75) is 114 Å². The second-order valence-corrected chi connectivity index (χ2v) is 17.4. The summed E-state index contributed by atoms with van der Waals surface area (Å²) in [6.07, 6.45) is 4.14. The van der Waals surface area contributed by atoms with E-state index in [0.717, 1.165) is 25.0 Å². The third-order valence-corrected chi connectivity index (χ3v) is 12.2. The Kier molecular flexibility index (Phi) is 22.4. The van der Waals surface area contributed by atoms with Gasteiger partial charge in [-0.1, -0.05) is 50.6 Å². The van der Waals surface area contributed by atoms with E-state index in [1.54, 1.807) is 30.3 Å². The molecule has 2 fully saturated rings. The van der Waals surface area contributed by atoms with Crippen LogP contribution in [0.15, 0.2) is 30.3 Å². The average Bonchev–Trinajstić information content (AvgIpc) is 3.80. The number of nitrogens with two attached hydrogens (primary N) is 1. The smallest absolute Gasteiger partial charge is 0.315 e. The Morgan fingerprint density at radius 2 is 1.52 bits per heavy atom. The lowest BCUT2D eigenvalue weighted by Crippen LogP contribution is -2.56. The Morgan fingerprint density at radius 1 is 0.806 bits per heavy atom. The predicted octanol–water partition coefficient (Wildman–Crippen LogP) is -1.10. The first-order valence-electron chi connectivity index (χ1n) is 20.9. The summed E-state index contributed by atoms with van der Waals surface area (Å²) in [6.45, 7) is 3.01. The lowest BCUT2D eigenvalue weighted by Gasteiger charge is -2.25. The summed E-state index contributed by atoms with van der Waals surface area (Å²) in [4.78, 5) is 113. The molecule has 344 valence electrons. The number of carbonyl (C=O) groups excluding carboxylic acids is 9. The van der Waals surface area contributed by atoms with E-state index in [0.29, 0.717) is 43.0 Å². The topological polar surface area (TPSA) is 308 Å². The monoisotopic (exact) mass is 906 g/mol. The number of nitrogens with one attached hydrogen (secondary N) is 9. The Hall–Kier alpha value is -5.09. The summed E-state index contributed by atoms with van der Waals surface area (Å²) in [5, 5.41) is 30.5. The molecular formula is C40H62N10O10S2. The number of urea groups is 1. The Balaban J connectivity index is 1.36. The highest BCUT2D eigenvalue weighted by Crippen LogP contribution is 2.33. The summed E-state index contributed by atoms with van der Waals surface area (Å²) >= 11 is 6.01. The number of rotatable bonds is 28. The van der Waals surface area contributed by atoms with Crippen molar-refractivity contribution in [1.29, 1.82) is 0 Å². The van der Waals surface area contributed by atoms with E-state index in [9.17, 15) is 43.2 Å². The van der Waals surface area contributed by atoms with Crippen LogP contribution in [0.5, 0.6) is 0 Å². The molecule has 0 spiro atoms. The minimum absolute atomic E-state index is 0.0123. The molecule has 10 amide bonds. The second-order valence-electron chi connectivity index (χ2n) is 15.8. The summed E-state index contributed by atoms with van der Waals surface area (Å²) in [7, 11) is 0. The van der Waals surface area contributed by atoms with Crippen molar-refractivity contribution >= 4 is 77.7 Å². The molecule has 22 heteroatoms. The summed E-state index contributed by atoms with van der Waals surface area (Å²) in [5.74, 6) is -5.26. The Bertz CT molecular complexity index is 1710. The number of thioether (sulfide) groups is 1. The van der Waals surface area contributed by atoms with Crippen LogP contribution in [-0.2, 0) is 44.8 Å². The standard InChI is InChI=1S/C40H62N10O10S2/c1-23(2)16-25(18-32(52)50-60)37(56)46-27(17-24-10-4-3-5-11-24)39(58)47-28(21-61)38(57)44-19-33(53)43-20-34(54)45-26(36(41)55)12-8-9-15-42-31(51)14-7-6-13-30-35-29(22-62-30)48-40(59)49-35/h3-5,10-11,23,25-30,35,60-61H,6-9,12-22H2,1-2H3,(H2,41,55)(H,42,51)(H,43,53)(H,44,57)(H,45,54)(H,46,56)(H,47,58)(H,50,52)(H2,48,49,59)/t25?,26-,27-,28-,29-,30-,35-/m0/s1. The molecule has 0 aliphatic carbocycles. The molecule has 7 atom stereocenters. The van der Waals surface area contributed by atoms with E-state index in [-0.39, 0.29) is 55.0 Å². The van der Waals surface area contributed by atoms with Gasteiger partial charge in [-0.25, -0.2) is 10.3 Å². The molecule has 2 aliphatic heterocycles. The molecule has 2 heterocycles. The molecule has 1 aromatic rings. The van der Waals surface area contributed by atoms with E-state index in [4.69, 9.17) is 10.9 Å². The number of hydroxylamine groups is 1. The molecule has 1 aromatic carbocycles. The first-order valence-corrected chi connectivity index (χ1v) is 22.5. The van der Waals surface area contributed by atoms with Crippen LogP contribution in [-0.4, -0.2) is 125 Å². The van der Waals surface area contributed by atoms with E-state index in [1.165, 1.54) is 5.48 Å². The molecule has 0 aromatic heterocycles. The van der Waals surface area contributed by atoms with Crippen molar-refractivity contribution in [3.05, 3.63) is 35.9 Å². The molecule has 0 radical (unpaired) electrons. The van der Waals surface area contributed by atoms with Gasteiger partial charge in [0, 0.05) is 48.5 Å². The zero-order chi connectivity index (χ0) is 45.6. The van der Waals surface area contributed by atoms with Crippen LogP contribution < -0.4 is 53.7 Å². The van der Waals surface area contributed by atoms with Crippen LogP contribution in [0.1, 0.15) is 77.2 Å². The van der Waals surface area contributed by atoms with Crippen LogP contribution in [0.3, 0.4) is 0 Å². The molecular weight excluding hydrogens is 845 g/mol.